The predicted octanol–water partition coefficient (Wildman–Crippen LogP) is 4.14. The Labute approximate surface area is 91.9 Å². The van der Waals surface area contributed by atoms with Crippen molar-refractivity contribution in [3.8, 4) is 10.4 Å². The van der Waals surface area contributed by atoms with Crippen LogP contribution in [-0.2, 0) is 0 Å². The van der Waals surface area contributed by atoms with Crippen LogP contribution in [0, 0.1) is 0 Å². The van der Waals surface area contributed by atoms with E-state index in [1.165, 1.54) is 13.0 Å². The maximum atomic E-state index is 12.7. The number of hydrogen-bond acceptors (Lipinski definition) is 2. The number of nitrogens with zero attached hydrogens (tertiary/aromatic N) is 1. The summed E-state index contributed by atoms with van der Waals surface area (Å²) in [6, 6.07) is 7.78. The highest BCUT2D eigenvalue weighted by Crippen LogP contribution is 2.28. The van der Waals surface area contributed by atoms with Gasteiger partial charge in [-0.2, -0.15) is 0 Å². The molecule has 0 aliphatic carbocycles. The van der Waals surface area contributed by atoms with Crippen LogP contribution < -0.4 is 0 Å². The Bertz CT molecular complexity index is 469. The molecule has 0 saturated heterocycles. The Morgan fingerprint density at radius 2 is 2.27 bits per heavy atom. The molecule has 3 heteroatoms. The third kappa shape index (κ3) is 2.50. The van der Waals surface area contributed by atoms with Gasteiger partial charge >= 0.3 is 0 Å². The summed E-state index contributed by atoms with van der Waals surface area (Å²) in [6.07, 6.45) is 5.08. The fourth-order valence-corrected chi connectivity index (χ4v) is 2.28. The van der Waals surface area contributed by atoms with Crippen molar-refractivity contribution in [2.24, 2.45) is 0 Å². The van der Waals surface area contributed by atoms with Crippen LogP contribution >= 0.6 is 11.3 Å². The van der Waals surface area contributed by atoms with E-state index in [0.29, 0.717) is 0 Å². The number of aromatic nitrogens is 1. The molecule has 0 N–H and O–H groups in total. The first-order valence-electron chi connectivity index (χ1n) is 4.60. The molecule has 0 spiro atoms. The second-order valence-electron chi connectivity index (χ2n) is 3.17. The van der Waals surface area contributed by atoms with Gasteiger partial charge in [-0.15, -0.1) is 11.3 Å². The van der Waals surface area contributed by atoms with Gasteiger partial charge in [0.1, 0.15) is 0 Å². The van der Waals surface area contributed by atoms with E-state index in [4.69, 9.17) is 0 Å². The van der Waals surface area contributed by atoms with Crippen LogP contribution in [0.5, 0.6) is 0 Å². The lowest BCUT2D eigenvalue weighted by Gasteiger charge is -1.93. The summed E-state index contributed by atoms with van der Waals surface area (Å²) in [7, 11) is 0. The van der Waals surface area contributed by atoms with Gasteiger partial charge in [0.15, 0.2) is 0 Å². The number of rotatable bonds is 2. The van der Waals surface area contributed by atoms with E-state index in [9.17, 15) is 4.39 Å². The van der Waals surface area contributed by atoms with Gasteiger partial charge in [0.2, 0.25) is 0 Å². The molecular formula is C12H10FNS. The molecule has 1 nitrogen and oxygen atoms in total. The van der Waals surface area contributed by atoms with Gasteiger partial charge in [-0.1, -0.05) is 6.07 Å². The summed E-state index contributed by atoms with van der Waals surface area (Å²) in [6.45, 7) is 1.45. The first-order chi connectivity index (χ1) is 7.25. The smallest absolute Gasteiger partial charge is 0.0982 e. The van der Waals surface area contributed by atoms with E-state index in [2.05, 4.69) is 4.98 Å². The van der Waals surface area contributed by atoms with E-state index >= 15 is 0 Å². The minimum Gasteiger partial charge on any atom is -0.264 e. The standard InChI is InChI=1S/C12H10FNS/c1-9(13)7-11-4-5-12(15-11)10-3-2-6-14-8-10/h2-8H,1H3/b9-7-. The minimum absolute atomic E-state index is 0.172. The molecular weight excluding hydrogens is 209 g/mol. The van der Waals surface area contributed by atoms with Crippen molar-refractivity contribution >= 4 is 17.4 Å². The quantitative estimate of drug-likeness (QED) is 0.739. The van der Waals surface area contributed by atoms with Crippen LogP contribution in [0.1, 0.15) is 11.8 Å². The maximum absolute atomic E-state index is 12.7. The molecule has 0 radical (unpaired) electrons. The highest BCUT2D eigenvalue weighted by Gasteiger charge is 2.01. The average Bonchev–Trinajstić information content (AvgIpc) is 2.67. The first-order valence-corrected chi connectivity index (χ1v) is 5.41. The zero-order valence-electron chi connectivity index (χ0n) is 8.27. The molecule has 2 rings (SSSR count). The fourth-order valence-electron chi connectivity index (χ4n) is 1.29. The average molecular weight is 219 g/mol. The summed E-state index contributed by atoms with van der Waals surface area (Å²) in [5, 5.41) is 0. The Kier molecular flexibility index (Phi) is 2.92. The van der Waals surface area contributed by atoms with E-state index < -0.39 is 0 Å². The molecule has 0 bridgehead atoms. The molecule has 0 aromatic carbocycles. The molecule has 2 aromatic rings. The first kappa shape index (κ1) is 10.1. The monoisotopic (exact) mass is 219 g/mol. The number of hydrogen-bond donors (Lipinski definition) is 0. The van der Waals surface area contributed by atoms with Crippen LogP contribution in [0.25, 0.3) is 16.5 Å². The second kappa shape index (κ2) is 4.36. The van der Waals surface area contributed by atoms with Gasteiger partial charge in [0, 0.05) is 27.7 Å². The summed E-state index contributed by atoms with van der Waals surface area (Å²) in [5.41, 5.74) is 1.07. The van der Waals surface area contributed by atoms with E-state index in [-0.39, 0.29) is 5.83 Å². The predicted molar refractivity (Wildman–Crippen MR) is 62.3 cm³/mol. The van der Waals surface area contributed by atoms with Gasteiger partial charge in [0.25, 0.3) is 0 Å². The van der Waals surface area contributed by atoms with Gasteiger partial charge in [-0.3, -0.25) is 4.98 Å². The SMILES string of the molecule is C/C(F)=C/c1ccc(-c2cccnc2)s1. The number of thiophene rings is 1. The third-order valence-electron chi connectivity index (χ3n) is 1.91. The van der Waals surface area contributed by atoms with Crippen molar-refractivity contribution < 1.29 is 4.39 Å². The molecule has 2 aromatic heterocycles. The Morgan fingerprint density at radius 1 is 1.40 bits per heavy atom. The molecule has 0 aliphatic heterocycles. The lowest BCUT2D eigenvalue weighted by atomic mass is 10.2. The summed E-state index contributed by atoms with van der Waals surface area (Å²) >= 11 is 1.56. The molecule has 76 valence electrons. The molecule has 0 unspecified atom stereocenters. The Balaban J connectivity index is 2.32. The number of pyridine rings is 1. The normalized spacial score (nSPS) is 11.7. The van der Waals surface area contributed by atoms with Crippen molar-refractivity contribution in [1.82, 2.24) is 4.98 Å². The maximum Gasteiger partial charge on any atom is 0.0982 e. The third-order valence-corrected chi connectivity index (χ3v) is 3.00. The summed E-state index contributed by atoms with van der Waals surface area (Å²) in [5.74, 6) is -0.172. The van der Waals surface area contributed by atoms with Crippen LogP contribution in [0.4, 0.5) is 4.39 Å². The summed E-state index contributed by atoms with van der Waals surface area (Å²) < 4.78 is 12.7. The molecule has 0 amide bonds. The van der Waals surface area contributed by atoms with Crippen molar-refractivity contribution in [3.05, 3.63) is 47.4 Å². The van der Waals surface area contributed by atoms with Gasteiger partial charge in [0.05, 0.1) is 5.83 Å². The van der Waals surface area contributed by atoms with E-state index in [1.54, 1.807) is 17.5 Å². The molecule has 15 heavy (non-hydrogen) atoms. The van der Waals surface area contributed by atoms with Crippen molar-refractivity contribution in [2.45, 2.75) is 6.92 Å². The highest BCUT2D eigenvalue weighted by atomic mass is 32.1. The number of halogens is 1. The molecule has 0 saturated carbocycles. The van der Waals surface area contributed by atoms with Gasteiger partial charge in [-0.25, -0.2) is 4.39 Å². The van der Waals surface area contributed by atoms with Crippen LogP contribution in [0.3, 0.4) is 0 Å². The Morgan fingerprint density at radius 3 is 2.93 bits per heavy atom. The van der Waals surface area contributed by atoms with Crippen molar-refractivity contribution in [2.75, 3.05) is 0 Å². The van der Waals surface area contributed by atoms with Gasteiger partial charge < -0.3 is 0 Å². The lowest BCUT2D eigenvalue weighted by molar-refractivity contribution is 0.648. The zero-order chi connectivity index (χ0) is 10.7. The van der Waals surface area contributed by atoms with Crippen LogP contribution in [0.15, 0.2) is 42.5 Å². The molecule has 0 fully saturated rings. The summed E-state index contributed by atoms with van der Waals surface area (Å²) in [4.78, 5) is 6.08. The lowest BCUT2D eigenvalue weighted by Crippen LogP contribution is -1.72. The van der Waals surface area contributed by atoms with Crippen molar-refractivity contribution in [1.29, 1.82) is 0 Å². The zero-order valence-corrected chi connectivity index (χ0v) is 9.09. The topological polar surface area (TPSA) is 12.9 Å². The Hall–Kier alpha value is -1.48. The second-order valence-corrected chi connectivity index (χ2v) is 4.29. The van der Waals surface area contributed by atoms with E-state index in [1.807, 2.05) is 30.5 Å². The van der Waals surface area contributed by atoms with E-state index in [0.717, 1.165) is 15.3 Å². The minimum atomic E-state index is -0.172. The van der Waals surface area contributed by atoms with Gasteiger partial charge in [-0.05, 0) is 31.2 Å². The van der Waals surface area contributed by atoms with Crippen LogP contribution in [-0.4, -0.2) is 4.98 Å². The largest absolute Gasteiger partial charge is 0.264 e. The number of allylic oxidation sites excluding steroid dienone is 1. The van der Waals surface area contributed by atoms with Crippen molar-refractivity contribution in [3.63, 3.8) is 0 Å². The molecule has 2 heterocycles. The van der Waals surface area contributed by atoms with Crippen LogP contribution in [0.2, 0.25) is 0 Å². The molecule has 0 atom stereocenters. The molecule has 0 aliphatic rings. The highest BCUT2D eigenvalue weighted by molar-refractivity contribution is 7.16. The fraction of sp³-hybridized carbons (Fsp3) is 0.0833.